The second-order valence-corrected chi connectivity index (χ2v) is 11.6. The van der Waals surface area contributed by atoms with Gasteiger partial charge in [0.25, 0.3) is 5.91 Å². The summed E-state index contributed by atoms with van der Waals surface area (Å²) in [5, 5.41) is 4.22. The van der Waals surface area contributed by atoms with Crippen LogP contribution in [0.5, 0.6) is 5.75 Å². The van der Waals surface area contributed by atoms with Crippen LogP contribution in [-0.2, 0) is 17.6 Å². The number of esters is 1. The smallest absolute Gasteiger partial charge is 0.341 e. The van der Waals surface area contributed by atoms with E-state index in [0.29, 0.717) is 26.0 Å². The third-order valence-corrected chi connectivity index (χ3v) is 9.47. The van der Waals surface area contributed by atoms with Crippen LogP contribution < -0.4 is 15.8 Å². The summed E-state index contributed by atoms with van der Waals surface area (Å²) in [7, 11) is 2.99. The molecule has 3 heterocycles. The van der Waals surface area contributed by atoms with Crippen LogP contribution >= 0.6 is 22.7 Å². The summed E-state index contributed by atoms with van der Waals surface area (Å²) in [4.78, 5) is 33.5. The van der Waals surface area contributed by atoms with Crippen LogP contribution in [0.4, 0.5) is 10.7 Å². The van der Waals surface area contributed by atoms with Gasteiger partial charge in [0.05, 0.1) is 31.2 Å². The fourth-order valence-corrected chi connectivity index (χ4v) is 7.46. The molecule has 1 aliphatic rings. The molecule has 0 bridgehead atoms. The lowest BCUT2D eigenvalue weighted by atomic mass is 9.95. The number of nitrogens with zero attached hydrogens (tertiary/aromatic N) is 1. The molecule has 9 heteroatoms. The molecule has 0 radical (unpaired) electrons. The number of nitrogens with one attached hydrogen (secondary N) is 1. The number of amides is 1. The van der Waals surface area contributed by atoms with E-state index in [1.54, 1.807) is 7.11 Å². The van der Waals surface area contributed by atoms with E-state index in [9.17, 15) is 9.59 Å². The number of hydrogen-bond acceptors (Lipinski definition) is 8. The van der Waals surface area contributed by atoms with Crippen molar-refractivity contribution >= 4 is 55.5 Å². The Morgan fingerprint density at radius 1 is 0.950 bits per heavy atom. The van der Waals surface area contributed by atoms with E-state index in [1.165, 1.54) is 29.8 Å². The first-order valence-electron chi connectivity index (χ1n) is 13.0. The van der Waals surface area contributed by atoms with Crippen molar-refractivity contribution in [2.75, 3.05) is 25.3 Å². The number of benzene rings is 2. The van der Waals surface area contributed by atoms with Gasteiger partial charge in [0.1, 0.15) is 20.5 Å². The quantitative estimate of drug-likeness (QED) is 0.210. The van der Waals surface area contributed by atoms with Crippen LogP contribution in [0.15, 0.2) is 60.7 Å². The van der Waals surface area contributed by atoms with Gasteiger partial charge in [0, 0.05) is 15.8 Å². The van der Waals surface area contributed by atoms with E-state index in [1.807, 2.05) is 60.7 Å². The number of pyridine rings is 1. The number of aromatic nitrogens is 1. The minimum absolute atomic E-state index is 0.352. The fourth-order valence-electron chi connectivity index (χ4n) is 5.18. The molecule has 0 fully saturated rings. The highest BCUT2D eigenvalue weighted by Gasteiger charge is 2.29. The van der Waals surface area contributed by atoms with Gasteiger partial charge in [-0.3, -0.25) is 4.79 Å². The van der Waals surface area contributed by atoms with Gasteiger partial charge in [-0.25, -0.2) is 9.78 Å². The van der Waals surface area contributed by atoms with Crippen molar-refractivity contribution in [2.45, 2.75) is 25.7 Å². The van der Waals surface area contributed by atoms with Gasteiger partial charge in [-0.05, 0) is 60.6 Å². The molecule has 7 nitrogen and oxygen atoms in total. The number of ether oxygens (including phenoxy) is 2. The number of hydrogen-bond donors (Lipinski definition) is 2. The lowest BCUT2D eigenvalue weighted by Gasteiger charge is -2.11. The van der Waals surface area contributed by atoms with Gasteiger partial charge < -0.3 is 20.5 Å². The van der Waals surface area contributed by atoms with E-state index < -0.39 is 5.97 Å². The Balaban J connectivity index is 1.46. The Labute approximate surface area is 239 Å². The molecule has 40 heavy (non-hydrogen) atoms. The summed E-state index contributed by atoms with van der Waals surface area (Å²) >= 11 is 2.70. The number of anilines is 2. The number of methoxy groups -OCH3 is 2. The maximum Gasteiger partial charge on any atom is 0.341 e. The number of rotatable bonds is 6. The highest BCUT2D eigenvalue weighted by Crippen LogP contribution is 2.43. The van der Waals surface area contributed by atoms with Crippen molar-refractivity contribution < 1.29 is 19.1 Å². The average Bonchev–Trinajstić information content (AvgIpc) is 3.53. The van der Waals surface area contributed by atoms with Crippen LogP contribution in [0.1, 0.15) is 43.3 Å². The monoisotopic (exact) mass is 569 g/mol. The molecule has 0 aliphatic heterocycles. The van der Waals surface area contributed by atoms with Crippen molar-refractivity contribution in [1.29, 1.82) is 0 Å². The summed E-state index contributed by atoms with van der Waals surface area (Å²) in [5.41, 5.74) is 12.0. The van der Waals surface area contributed by atoms with E-state index in [4.69, 9.17) is 20.2 Å². The first-order valence-corrected chi connectivity index (χ1v) is 14.6. The molecule has 6 rings (SSSR count). The van der Waals surface area contributed by atoms with Gasteiger partial charge in [-0.2, -0.15) is 0 Å². The second-order valence-electron chi connectivity index (χ2n) is 9.54. The van der Waals surface area contributed by atoms with Crippen LogP contribution in [0.2, 0.25) is 0 Å². The predicted molar refractivity (Wildman–Crippen MR) is 162 cm³/mol. The molecule has 0 unspecified atom stereocenters. The molecular formula is C31H27N3O4S2. The maximum atomic E-state index is 13.7. The minimum Gasteiger partial charge on any atom is -0.497 e. The third kappa shape index (κ3) is 4.61. The predicted octanol–water partition coefficient (Wildman–Crippen LogP) is 7.20. The molecule has 202 valence electrons. The van der Waals surface area contributed by atoms with Crippen LogP contribution in [-0.4, -0.2) is 31.1 Å². The van der Waals surface area contributed by atoms with Crippen LogP contribution in [0, 0.1) is 0 Å². The zero-order chi connectivity index (χ0) is 27.8. The van der Waals surface area contributed by atoms with Crippen molar-refractivity contribution in [3.05, 3.63) is 81.5 Å². The van der Waals surface area contributed by atoms with Crippen LogP contribution in [0.25, 0.3) is 32.6 Å². The van der Waals surface area contributed by atoms with Crippen LogP contribution in [0.3, 0.4) is 0 Å². The number of thiophene rings is 2. The summed E-state index contributed by atoms with van der Waals surface area (Å²) in [6.07, 6.45) is 3.76. The summed E-state index contributed by atoms with van der Waals surface area (Å²) in [6, 6.07) is 19.6. The molecule has 0 saturated heterocycles. The Hall–Kier alpha value is -4.21. The number of nitrogen functional groups attached to an aromatic ring is 1. The van der Waals surface area contributed by atoms with E-state index in [-0.39, 0.29) is 5.91 Å². The molecule has 3 aromatic heterocycles. The molecule has 2 aromatic carbocycles. The number of carbonyl (C=O) groups excluding carboxylic acids is 2. The van der Waals surface area contributed by atoms with Gasteiger partial charge >= 0.3 is 5.97 Å². The molecule has 1 amide bonds. The van der Waals surface area contributed by atoms with Crippen molar-refractivity contribution in [3.63, 3.8) is 0 Å². The molecule has 0 saturated carbocycles. The molecular weight excluding hydrogens is 542 g/mol. The summed E-state index contributed by atoms with van der Waals surface area (Å²) in [6.45, 7) is 0. The molecule has 3 N–H and O–H groups in total. The third-order valence-electron chi connectivity index (χ3n) is 7.16. The maximum absolute atomic E-state index is 13.7. The molecule has 0 spiro atoms. The Kier molecular flexibility index (Phi) is 7.00. The lowest BCUT2D eigenvalue weighted by molar-refractivity contribution is 0.0601. The lowest BCUT2D eigenvalue weighted by Crippen LogP contribution is -2.15. The van der Waals surface area contributed by atoms with E-state index in [2.05, 4.69) is 5.32 Å². The van der Waals surface area contributed by atoms with E-state index >= 15 is 0 Å². The Morgan fingerprint density at radius 3 is 2.42 bits per heavy atom. The Bertz CT molecular complexity index is 1740. The highest BCUT2D eigenvalue weighted by atomic mass is 32.1. The minimum atomic E-state index is -0.435. The second kappa shape index (κ2) is 10.7. The Morgan fingerprint density at radius 2 is 1.70 bits per heavy atom. The van der Waals surface area contributed by atoms with Crippen molar-refractivity contribution in [3.8, 4) is 28.1 Å². The summed E-state index contributed by atoms with van der Waals surface area (Å²) in [5.74, 6) is -0.0584. The summed E-state index contributed by atoms with van der Waals surface area (Å²) < 4.78 is 10.4. The fraction of sp³-hybridized carbons (Fsp3) is 0.194. The number of aryl methyl sites for hydroxylation is 1. The first-order chi connectivity index (χ1) is 19.5. The van der Waals surface area contributed by atoms with E-state index in [0.717, 1.165) is 69.6 Å². The normalized spacial score (nSPS) is 12.7. The highest BCUT2D eigenvalue weighted by molar-refractivity contribution is 7.21. The molecule has 5 aromatic rings. The van der Waals surface area contributed by atoms with Gasteiger partial charge in [-0.1, -0.05) is 42.5 Å². The zero-order valence-electron chi connectivity index (χ0n) is 22.1. The number of carbonyl (C=O) groups is 2. The van der Waals surface area contributed by atoms with Gasteiger partial charge in [0.2, 0.25) is 0 Å². The van der Waals surface area contributed by atoms with Gasteiger partial charge in [0.15, 0.2) is 0 Å². The zero-order valence-corrected chi connectivity index (χ0v) is 23.7. The van der Waals surface area contributed by atoms with Crippen molar-refractivity contribution in [2.24, 2.45) is 0 Å². The number of nitrogens with two attached hydrogens (primary N) is 1. The first kappa shape index (κ1) is 26.0. The number of fused-ring (bicyclic) bond motifs is 2. The van der Waals surface area contributed by atoms with Gasteiger partial charge in [-0.15, -0.1) is 22.7 Å². The SMILES string of the molecule is COC(=O)c1c(NC(=O)c2sc3nc(-c4ccccc4)cc(-c4ccc(OC)cc4)c3c2N)sc2c1CCCC2. The topological polar surface area (TPSA) is 104 Å². The molecule has 1 aliphatic carbocycles. The largest absolute Gasteiger partial charge is 0.497 e. The average molecular weight is 570 g/mol. The standard InChI is InChI=1S/C31H27N3O4S2/c1-37-19-14-12-17(13-15-19)21-16-22(18-8-4-3-5-9-18)33-29-24(21)26(32)27(40-29)28(35)34-30-25(31(36)38-2)20-10-6-7-11-23(20)39-30/h3-5,8-9,12-16H,6-7,10-11,32H2,1-2H3,(H,34,35). The van der Waals surface area contributed by atoms with Crippen molar-refractivity contribution in [1.82, 2.24) is 4.98 Å². The molecule has 0 atom stereocenters.